The zero-order valence-electron chi connectivity index (χ0n) is 8.45. The largest absolute Gasteiger partial charge is 0.370 e. The van der Waals surface area contributed by atoms with Crippen molar-refractivity contribution in [3.8, 4) is 0 Å². The molecule has 0 aliphatic rings. The van der Waals surface area contributed by atoms with Gasteiger partial charge in [0.15, 0.2) is 0 Å². The molecule has 0 saturated heterocycles. The first-order chi connectivity index (χ1) is 6.86. The second kappa shape index (κ2) is 6.15. The summed E-state index contributed by atoms with van der Waals surface area (Å²) in [5.74, 6) is 1.66. The number of aromatic nitrogens is 2. The summed E-state index contributed by atoms with van der Waals surface area (Å²) in [6.45, 7) is 4.36. The Labute approximate surface area is 84.1 Å². The maximum atomic E-state index is 5.37. The van der Waals surface area contributed by atoms with Gasteiger partial charge in [0.2, 0.25) is 0 Å². The molecule has 0 atom stereocenters. The number of nitrogens with two attached hydrogens (primary N) is 1. The van der Waals surface area contributed by atoms with E-state index < -0.39 is 0 Å². The van der Waals surface area contributed by atoms with Gasteiger partial charge in [0.1, 0.15) is 18.0 Å². The summed E-state index contributed by atoms with van der Waals surface area (Å²) in [5, 5.41) is 6.28. The second-order valence-corrected chi connectivity index (χ2v) is 2.93. The van der Waals surface area contributed by atoms with E-state index in [1.807, 2.05) is 6.07 Å². The molecule has 5 heteroatoms. The molecule has 0 aliphatic carbocycles. The van der Waals surface area contributed by atoms with E-state index in [-0.39, 0.29) is 0 Å². The molecule has 0 aliphatic heterocycles. The lowest BCUT2D eigenvalue weighted by Gasteiger charge is -2.06. The maximum Gasteiger partial charge on any atom is 0.131 e. The quantitative estimate of drug-likeness (QED) is 0.622. The van der Waals surface area contributed by atoms with Crippen LogP contribution in [-0.4, -0.2) is 29.6 Å². The molecule has 5 nitrogen and oxygen atoms in total. The summed E-state index contributed by atoms with van der Waals surface area (Å²) in [5.41, 5.74) is 5.37. The van der Waals surface area contributed by atoms with Crippen molar-refractivity contribution in [3.63, 3.8) is 0 Å². The fourth-order valence-electron chi connectivity index (χ4n) is 1.00. The highest BCUT2D eigenvalue weighted by atomic mass is 15.1. The first kappa shape index (κ1) is 10.7. The van der Waals surface area contributed by atoms with Crippen LogP contribution in [0.15, 0.2) is 12.4 Å². The fourth-order valence-corrected chi connectivity index (χ4v) is 1.00. The van der Waals surface area contributed by atoms with Crippen LogP contribution in [0.4, 0.5) is 11.6 Å². The van der Waals surface area contributed by atoms with Gasteiger partial charge in [-0.05, 0) is 6.42 Å². The van der Waals surface area contributed by atoms with Gasteiger partial charge in [0, 0.05) is 25.7 Å². The van der Waals surface area contributed by atoms with Gasteiger partial charge in [-0.3, -0.25) is 0 Å². The van der Waals surface area contributed by atoms with Gasteiger partial charge in [0.05, 0.1) is 0 Å². The third kappa shape index (κ3) is 3.57. The Morgan fingerprint density at radius 2 is 1.86 bits per heavy atom. The standard InChI is InChI=1S/C9H17N5/c1-2-4-11-8-6-9(12-5-3-10)14-7-13-8/h6-7H,2-5,10H2,1H3,(H2,11,12,13,14). The topological polar surface area (TPSA) is 75.9 Å². The third-order valence-electron chi connectivity index (χ3n) is 1.67. The average molecular weight is 195 g/mol. The van der Waals surface area contributed by atoms with Gasteiger partial charge in [-0.1, -0.05) is 6.92 Å². The van der Waals surface area contributed by atoms with E-state index in [0.717, 1.165) is 31.1 Å². The minimum Gasteiger partial charge on any atom is -0.370 e. The summed E-state index contributed by atoms with van der Waals surface area (Å²) in [4.78, 5) is 8.16. The van der Waals surface area contributed by atoms with E-state index in [1.54, 1.807) is 0 Å². The lowest BCUT2D eigenvalue weighted by Crippen LogP contribution is -2.14. The Bertz CT molecular complexity index is 240. The van der Waals surface area contributed by atoms with Crippen molar-refractivity contribution in [1.29, 1.82) is 0 Å². The predicted molar refractivity (Wildman–Crippen MR) is 58.4 cm³/mol. The lowest BCUT2D eigenvalue weighted by molar-refractivity contribution is 0.961. The molecule has 1 heterocycles. The minimum absolute atomic E-state index is 0.599. The van der Waals surface area contributed by atoms with E-state index in [9.17, 15) is 0 Å². The molecule has 4 N–H and O–H groups in total. The lowest BCUT2D eigenvalue weighted by atomic mass is 10.4. The highest BCUT2D eigenvalue weighted by Crippen LogP contribution is 2.07. The Kier molecular flexibility index (Phi) is 4.71. The molecule has 0 bridgehead atoms. The number of hydrogen-bond acceptors (Lipinski definition) is 5. The van der Waals surface area contributed by atoms with Crippen molar-refractivity contribution >= 4 is 11.6 Å². The van der Waals surface area contributed by atoms with Gasteiger partial charge in [-0.25, -0.2) is 9.97 Å². The summed E-state index contributed by atoms with van der Waals surface area (Å²) >= 11 is 0. The molecule has 0 aromatic carbocycles. The number of anilines is 2. The van der Waals surface area contributed by atoms with Crippen LogP contribution in [0.1, 0.15) is 13.3 Å². The van der Waals surface area contributed by atoms with E-state index >= 15 is 0 Å². The smallest absolute Gasteiger partial charge is 0.131 e. The Morgan fingerprint density at radius 1 is 1.21 bits per heavy atom. The highest BCUT2D eigenvalue weighted by Gasteiger charge is 1.96. The van der Waals surface area contributed by atoms with Gasteiger partial charge in [-0.15, -0.1) is 0 Å². The van der Waals surface area contributed by atoms with Crippen molar-refractivity contribution in [2.45, 2.75) is 13.3 Å². The summed E-state index contributed by atoms with van der Waals surface area (Å²) in [6.07, 6.45) is 2.62. The van der Waals surface area contributed by atoms with E-state index in [2.05, 4.69) is 27.5 Å². The normalized spacial score (nSPS) is 9.86. The Balaban J connectivity index is 2.50. The number of nitrogens with zero attached hydrogens (tertiary/aromatic N) is 2. The zero-order valence-corrected chi connectivity index (χ0v) is 8.45. The number of nitrogens with one attached hydrogen (secondary N) is 2. The van der Waals surface area contributed by atoms with Crippen molar-refractivity contribution in [1.82, 2.24) is 9.97 Å². The molecule has 14 heavy (non-hydrogen) atoms. The van der Waals surface area contributed by atoms with Crippen LogP contribution in [0.25, 0.3) is 0 Å². The van der Waals surface area contributed by atoms with Crippen LogP contribution >= 0.6 is 0 Å². The van der Waals surface area contributed by atoms with E-state index in [1.165, 1.54) is 6.33 Å². The van der Waals surface area contributed by atoms with Crippen LogP contribution in [0.3, 0.4) is 0 Å². The molecule has 0 fully saturated rings. The molecule has 0 saturated carbocycles. The Hall–Kier alpha value is -1.36. The molecule has 1 aromatic heterocycles. The first-order valence-electron chi connectivity index (χ1n) is 4.86. The van der Waals surface area contributed by atoms with Gasteiger partial charge in [0.25, 0.3) is 0 Å². The number of rotatable bonds is 6. The van der Waals surface area contributed by atoms with Crippen LogP contribution < -0.4 is 16.4 Å². The van der Waals surface area contributed by atoms with E-state index in [4.69, 9.17) is 5.73 Å². The third-order valence-corrected chi connectivity index (χ3v) is 1.67. The number of hydrogen-bond donors (Lipinski definition) is 3. The monoisotopic (exact) mass is 195 g/mol. The highest BCUT2D eigenvalue weighted by molar-refractivity contribution is 5.46. The maximum absolute atomic E-state index is 5.37. The molecular weight excluding hydrogens is 178 g/mol. The molecule has 0 radical (unpaired) electrons. The van der Waals surface area contributed by atoms with Crippen LogP contribution in [0.5, 0.6) is 0 Å². The molecule has 0 unspecified atom stereocenters. The van der Waals surface area contributed by atoms with Crippen LogP contribution in [0.2, 0.25) is 0 Å². The van der Waals surface area contributed by atoms with Gasteiger partial charge < -0.3 is 16.4 Å². The Morgan fingerprint density at radius 3 is 2.43 bits per heavy atom. The molecular formula is C9H17N5. The molecule has 0 amide bonds. The van der Waals surface area contributed by atoms with Gasteiger partial charge >= 0.3 is 0 Å². The fraction of sp³-hybridized carbons (Fsp3) is 0.556. The second-order valence-electron chi connectivity index (χ2n) is 2.93. The molecule has 0 spiro atoms. The van der Waals surface area contributed by atoms with Crippen LogP contribution in [0, 0.1) is 0 Å². The molecule has 1 rings (SSSR count). The predicted octanol–water partition coefficient (Wildman–Crippen LogP) is 0.669. The van der Waals surface area contributed by atoms with Crippen molar-refractivity contribution in [2.75, 3.05) is 30.3 Å². The van der Waals surface area contributed by atoms with Crippen LogP contribution in [-0.2, 0) is 0 Å². The summed E-state index contributed by atoms with van der Waals surface area (Å²) in [6, 6.07) is 1.88. The molecule has 78 valence electrons. The first-order valence-corrected chi connectivity index (χ1v) is 4.86. The van der Waals surface area contributed by atoms with Crippen molar-refractivity contribution in [2.24, 2.45) is 5.73 Å². The zero-order chi connectivity index (χ0) is 10.2. The summed E-state index contributed by atoms with van der Waals surface area (Å²) < 4.78 is 0. The average Bonchev–Trinajstić information content (AvgIpc) is 2.24. The summed E-state index contributed by atoms with van der Waals surface area (Å²) in [7, 11) is 0. The minimum atomic E-state index is 0.599. The SMILES string of the molecule is CCCNc1cc(NCCN)ncn1. The molecule has 1 aromatic rings. The van der Waals surface area contributed by atoms with E-state index in [0.29, 0.717) is 6.54 Å². The van der Waals surface area contributed by atoms with Crippen molar-refractivity contribution < 1.29 is 0 Å². The van der Waals surface area contributed by atoms with Gasteiger partial charge in [-0.2, -0.15) is 0 Å². The van der Waals surface area contributed by atoms with Crippen molar-refractivity contribution in [3.05, 3.63) is 12.4 Å².